The van der Waals surface area contributed by atoms with Crippen molar-refractivity contribution in [1.29, 1.82) is 0 Å². The molecule has 0 atom stereocenters. The number of nitrogens with two attached hydrogens (primary N) is 1. The zero-order valence-electron chi connectivity index (χ0n) is 18.5. The SMILES string of the molecule is CCOc1cc(C(=O)Nc2ccccc2C(=O)NCCC(N)=O)cc(OCC)c1OCC. The van der Waals surface area contributed by atoms with Crippen LogP contribution in [0.1, 0.15) is 47.9 Å². The summed E-state index contributed by atoms with van der Waals surface area (Å²) in [6.45, 7) is 6.77. The Bertz CT molecular complexity index is 933. The molecule has 9 nitrogen and oxygen atoms in total. The molecule has 0 saturated carbocycles. The molecule has 0 bridgehead atoms. The molecule has 0 unspecified atom stereocenters. The van der Waals surface area contributed by atoms with E-state index < -0.39 is 17.7 Å². The van der Waals surface area contributed by atoms with Crippen LogP contribution in [0.4, 0.5) is 5.69 Å². The molecule has 2 rings (SSSR count). The van der Waals surface area contributed by atoms with Crippen molar-refractivity contribution in [2.45, 2.75) is 27.2 Å². The monoisotopic (exact) mass is 443 g/mol. The van der Waals surface area contributed by atoms with Crippen LogP contribution in [-0.2, 0) is 4.79 Å². The van der Waals surface area contributed by atoms with Crippen molar-refractivity contribution in [2.24, 2.45) is 5.73 Å². The normalized spacial score (nSPS) is 10.2. The molecular weight excluding hydrogens is 414 g/mol. The molecular formula is C23H29N3O6. The molecule has 0 aliphatic heterocycles. The van der Waals surface area contributed by atoms with Gasteiger partial charge in [-0.25, -0.2) is 0 Å². The third-order valence-corrected chi connectivity index (χ3v) is 4.25. The Hall–Kier alpha value is -3.75. The second kappa shape index (κ2) is 12.2. The van der Waals surface area contributed by atoms with Crippen molar-refractivity contribution >= 4 is 23.4 Å². The third kappa shape index (κ3) is 6.63. The zero-order valence-corrected chi connectivity index (χ0v) is 18.5. The molecule has 0 saturated heterocycles. The van der Waals surface area contributed by atoms with E-state index in [2.05, 4.69) is 10.6 Å². The highest BCUT2D eigenvalue weighted by Crippen LogP contribution is 2.39. The average Bonchev–Trinajstić information content (AvgIpc) is 2.76. The lowest BCUT2D eigenvalue weighted by molar-refractivity contribution is -0.117. The minimum absolute atomic E-state index is 0.0207. The smallest absolute Gasteiger partial charge is 0.255 e. The molecule has 2 aromatic rings. The Morgan fingerprint density at radius 1 is 0.875 bits per heavy atom. The highest BCUT2D eigenvalue weighted by Gasteiger charge is 2.20. The first-order chi connectivity index (χ1) is 15.4. The number of hydrogen-bond acceptors (Lipinski definition) is 6. The Labute approximate surface area is 187 Å². The van der Waals surface area contributed by atoms with E-state index in [9.17, 15) is 14.4 Å². The van der Waals surface area contributed by atoms with Crippen LogP contribution >= 0.6 is 0 Å². The molecule has 0 aliphatic carbocycles. The number of rotatable bonds is 12. The topological polar surface area (TPSA) is 129 Å². The Morgan fingerprint density at radius 3 is 2.03 bits per heavy atom. The molecule has 0 heterocycles. The van der Waals surface area contributed by atoms with Gasteiger partial charge < -0.3 is 30.6 Å². The lowest BCUT2D eigenvalue weighted by atomic mass is 10.1. The quantitative estimate of drug-likeness (QED) is 0.463. The van der Waals surface area contributed by atoms with Crippen molar-refractivity contribution in [1.82, 2.24) is 5.32 Å². The van der Waals surface area contributed by atoms with Gasteiger partial charge in [-0.2, -0.15) is 0 Å². The molecule has 4 N–H and O–H groups in total. The fourth-order valence-electron chi connectivity index (χ4n) is 2.90. The van der Waals surface area contributed by atoms with Crippen LogP contribution in [0.25, 0.3) is 0 Å². The van der Waals surface area contributed by atoms with E-state index in [0.717, 1.165) is 0 Å². The number of ether oxygens (including phenoxy) is 3. The maximum absolute atomic E-state index is 13.0. The fraction of sp³-hybridized carbons (Fsp3) is 0.348. The maximum atomic E-state index is 13.0. The van der Waals surface area contributed by atoms with E-state index >= 15 is 0 Å². The summed E-state index contributed by atoms with van der Waals surface area (Å²) < 4.78 is 17.0. The molecule has 172 valence electrons. The van der Waals surface area contributed by atoms with Gasteiger partial charge in [-0.05, 0) is 45.0 Å². The summed E-state index contributed by atoms with van der Waals surface area (Å²) in [5, 5.41) is 5.36. The lowest BCUT2D eigenvalue weighted by Gasteiger charge is -2.17. The summed E-state index contributed by atoms with van der Waals surface area (Å²) in [6.07, 6.45) is 0.0207. The van der Waals surface area contributed by atoms with Gasteiger partial charge in [0.2, 0.25) is 11.7 Å². The van der Waals surface area contributed by atoms with E-state index in [0.29, 0.717) is 42.8 Å². The lowest BCUT2D eigenvalue weighted by Crippen LogP contribution is -2.28. The number of amides is 3. The summed E-state index contributed by atoms with van der Waals surface area (Å²) >= 11 is 0. The Balaban J connectivity index is 2.31. The molecule has 32 heavy (non-hydrogen) atoms. The Kier molecular flexibility index (Phi) is 9.34. The molecule has 0 radical (unpaired) electrons. The van der Waals surface area contributed by atoms with Gasteiger partial charge in [0.25, 0.3) is 11.8 Å². The molecule has 3 amide bonds. The summed E-state index contributed by atoms with van der Waals surface area (Å²) in [5.74, 6) is -0.184. The van der Waals surface area contributed by atoms with Gasteiger partial charge in [-0.15, -0.1) is 0 Å². The number of carbonyl (C=O) groups excluding carboxylic acids is 3. The minimum atomic E-state index is -0.516. The predicted octanol–water partition coefficient (Wildman–Crippen LogP) is 2.74. The molecule has 9 heteroatoms. The first-order valence-corrected chi connectivity index (χ1v) is 10.4. The van der Waals surface area contributed by atoms with Gasteiger partial charge in [-0.1, -0.05) is 12.1 Å². The molecule has 0 aromatic heterocycles. The summed E-state index contributed by atoms with van der Waals surface area (Å²) in [6, 6.07) is 9.71. The van der Waals surface area contributed by atoms with E-state index in [1.807, 2.05) is 20.8 Å². The van der Waals surface area contributed by atoms with Crippen molar-refractivity contribution in [3.8, 4) is 17.2 Å². The standard InChI is InChI=1S/C23H29N3O6/c1-4-30-18-13-15(14-19(31-5-2)21(18)32-6-3)22(28)26-17-10-8-7-9-16(17)23(29)25-12-11-20(24)27/h7-10,13-14H,4-6,11-12H2,1-3H3,(H2,24,27)(H,25,29)(H,26,28). The number of benzene rings is 2. The van der Waals surface area contributed by atoms with Crippen LogP contribution in [0.3, 0.4) is 0 Å². The van der Waals surface area contributed by atoms with Crippen LogP contribution in [-0.4, -0.2) is 44.1 Å². The summed E-state index contributed by atoms with van der Waals surface area (Å²) in [4.78, 5) is 36.4. The van der Waals surface area contributed by atoms with Crippen molar-refractivity contribution in [3.63, 3.8) is 0 Å². The minimum Gasteiger partial charge on any atom is -0.490 e. The fourth-order valence-corrected chi connectivity index (χ4v) is 2.90. The van der Waals surface area contributed by atoms with Crippen molar-refractivity contribution < 1.29 is 28.6 Å². The van der Waals surface area contributed by atoms with Gasteiger partial charge in [0.15, 0.2) is 11.5 Å². The Morgan fingerprint density at radius 2 is 1.47 bits per heavy atom. The van der Waals surface area contributed by atoms with Crippen molar-refractivity contribution in [3.05, 3.63) is 47.5 Å². The van der Waals surface area contributed by atoms with E-state index in [-0.39, 0.29) is 24.1 Å². The molecule has 0 spiro atoms. The maximum Gasteiger partial charge on any atom is 0.255 e. The molecule has 0 aliphatic rings. The predicted molar refractivity (Wildman–Crippen MR) is 120 cm³/mol. The number of anilines is 1. The van der Waals surface area contributed by atoms with E-state index in [1.165, 1.54) is 0 Å². The number of nitrogens with one attached hydrogen (secondary N) is 2. The van der Waals surface area contributed by atoms with E-state index in [1.54, 1.807) is 36.4 Å². The van der Waals surface area contributed by atoms with Gasteiger partial charge in [-0.3, -0.25) is 14.4 Å². The van der Waals surface area contributed by atoms with Crippen LogP contribution in [0.2, 0.25) is 0 Å². The van der Waals surface area contributed by atoms with Gasteiger partial charge >= 0.3 is 0 Å². The molecule has 0 fully saturated rings. The number of primary amides is 1. The van der Waals surface area contributed by atoms with E-state index in [4.69, 9.17) is 19.9 Å². The van der Waals surface area contributed by atoms with Gasteiger partial charge in [0.1, 0.15) is 0 Å². The first kappa shape index (κ1) is 24.5. The summed E-state index contributed by atoms with van der Waals surface area (Å²) in [7, 11) is 0. The number of para-hydroxylation sites is 1. The summed E-state index contributed by atoms with van der Waals surface area (Å²) in [5.41, 5.74) is 5.95. The number of hydrogen-bond donors (Lipinski definition) is 3. The van der Waals surface area contributed by atoms with Gasteiger partial charge in [0.05, 0.1) is 31.1 Å². The average molecular weight is 444 g/mol. The number of carbonyl (C=O) groups is 3. The van der Waals surface area contributed by atoms with Crippen LogP contribution in [0.5, 0.6) is 17.2 Å². The largest absolute Gasteiger partial charge is 0.490 e. The van der Waals surface area contributed by atoms with Gasteiger partial charge in [0, 0.05) is 18.5 Å². The highest BCUT2D eigenvalue weighted by molar-refractivity contribution is 6.09. The third-order valence-electron chi connectivity index (χ3n) is 4.25. The second-order valence-corrected chi connectivity index (χ2v) is 6.57. The van der Waals surface area contributed by atoms with Crippen LogP contribution < -0.4 is 30.6 Å². The molecule has 2 aromatic carbocycles. The van der Waals surface area contributed by atoms with Crippen LogP contribution in [0.15, 0.2) is 36.4 Å². The first-order valence-electron chi connectivity index (χ1n) is 10.4. The zero-order chi connectivity index (χ0) is 23.5. The van der Waals surface area contributed by atoms with Crippen molar-refractivity contribution in [2.75, 3.05) is 31.7 Å². The highest BCUT2D eigenvalue weighted by atomic mass is 16.5. The second-order valence-electron chi connectivity index (χ2n) is 6.57. The van der Waals surface area contributed by atoms with Crippen LogP contribution in [0, 0.1) is 0 Å².